The van der Waals surface area contributed by atoms with Crippen molar-refractivity contribution in [2.45, 2.75) is 6.54 Å². The minimum absolute atomic E-state index is 0.559. The minimum atomic E-state index is 0.559. The van der Waals surface area contributed by atoms with Crippen molar-refractivity contribution in [2.24, 2.45) is 7.05 Å². The smallest absolute Gasteiger partial charge is 0.124 e. The Morgan fingerprint density at radius 1 is 0.889 bits per heavy atom. The van der Waals surface area contributed by atoms with Gasteiger partial charge in [-0.05, 0) is 35.9 Å². The molecule has 178 valence electrons. The van der Waals surface area contributed by atoms with Crippen molar-refractivity contribution in [3.63, 3.8) is 0 Å². The number of fused-ring (bicyclic) bond motifs is 1. The van der Waals surface area contributed by atoms with Gasteiger partial charge in [0.2, 0.25) is 0 Å². The number of nitrogens with zero attached hydrogens (tertiary/aromatic N) is 6. The lowest BCUT2D eigenvalue weighted by atomic mass is 10.1. The fourth-order valence-corrected chi connectivity index (χ4v) is 4.01. The molecule has 2 heterocycles. The summed E-state index contributed by atoms with van der Waals surface area (Å²) >= 11 is 0. The third-order valence-electron chi connectivity index (χ3n) is 5.91. The number of benzene rings is 3. The fourth-order valence-electron chi connectivity index (χ4n) is 4.01. The number of anilines is 2. The SMILES string of the molecule is COc1cc(OC)cc(N(Cc2ccc(C#N)cc2)c2ccc3ncc(-c4cnn(C)c4)nc3c2)c1. The molecule has 8 nitrogen and oxygen atoms in total. The zero-order valence-corrected chi connectivity index (χ0v) is 20.2. The molecule has 0 bridgehead atoms. The van der Waals surface area contributed by atoms with Crippen LogP contribution in [0.4, 0.5) is 11.4 Å². The van der Waals surface area contributed by atoms with Gasteiger partial charge in [-0.1, -0.05) is 12.1 Å². The second kappa shape index (κ2) is 9.76. The summed E-state index contributed by atoms with van der Waals surface area (Å²) in [6, 6.07) is 21.5. The van der Waals surface area contributed by atoms with E-state index < -0.39 is 0 Å². The van der Waals surface area contributed by atoms with E-state index >= 15 is 0 Å². The van der Waals surface area contributed by atoms with Gasteiger partial charge < -0.3 is 14.4 Å². The van der Waals surface area contributed by atoms with Gasteiger partial charge in [0.25, 0.3) is 0 Å². The van der Waals surface area contributed by atoms with Crippen LogP contribution in [0.25, 0.3) is 22.3 Å². The molecule has 0 spiro atoms. The highest BCUT2D eigenvalue weighted by Gasteiger charge is 2.15. The summed E-state index contributed by atoms with van der Waals surface area (Å²) in [5.41, 5.74) is 6.73. The number of aromatic nitrogens is 4. The van der Waals surface area contributed by atoms with Gasteiger partial charge in [-0.25, -0.2) is 4.98 Å². The highest BCUT2D eigenvalue weighted by molar-refractivity contribution is 5.82. The largest absolute Gasteiger partial charge is 0.497 e. The zero-order valence-electron chi connectivity index (χ0n) is 20.2. The van der Waals surface area contributed by atoms with E-state index in [4.69, 9.17) is 14.5 Å². The number of hydrogen-bond donors (Lipinski definition) is 0. The van der Waals surface area contributed by atoms with Crippen LogP contribution in [0.3, 0.4) is 0 Å². The summed E-state index contributed by atoms with van der Waals surface area (Å²) in [4.78, 5) is 11.6. The molecule has 0 unspecified atom stereocenters. The molecule has 0 aliphatic rings. The third-order valence-corrected chi connectivity index (χ3v) is 5.91. The van der Waals surface area contributed by atoms with E-state index in [1.807, 2.05) is 73.9 Å². The van der Waals surface area contributed by atoms with E-state index in [0.29, 0.717) is 23.6 Å². The van der Waals surface area contributed by atoms with Crippen LogP contribution in [0.1, 0.15) is 11.1 Å². The van der Waals surface area contributed by atoms with E-state index in [1.165, 1.54) is 0 Å². The average Bonchev–Trinajstić information content (AvgIpc) is 3.37. The average molecular weight is 477 g/mol. The molecule has 0 fully saturated rings. The van der Waals surface area contributed by atoms with E-state index in [0.717, 1.165) is 39.2 Å². The van der Waals surface area contributed by atoms with Crippen LogP contribution in [-0.4, -0.2) is 34.0 Å². The summed E-state index contributed by atoms with van der Waals surface area (Å²) < 4.78 is 12.8. The molecule has 0 atom stereocenters. The number of hydrogen-bond acceptors (Lipinski definition) is 7. The van der Waals surface area contributed by atoms with Crippen molar-refractivity contribution >= 4 is 22.4 Å². The van der Waals surface area contributed by atoms with Gasteiger partial charge in [0.15, 0.2) is 0 Å². The summed E-state index contributed by atoms with van der Waals surface area (Å²) in [6.07, 6.45) is 5.46. The van der Waals surface area contributed by atoms with Crippen LogP contribution in [0, 0.1) is 11.3 Å². The fraction of sp³-hybridized carbons (Fsp3) is 0.143. The summed E-state index contributed by atoms with van der Waals surface area (Å²) in [6.45, 7) is 0.559. The second-order valence-corrected chi connectivity index (χ2v) is 8.30. The maximum Gasteiger partial charge on any atom is 0.124 e. The molecule has 5 rings (SSSR count). The Labute approximate surface area is 209 Å². The first-order chi connectivity index (χ1) is 17.6. The van der Waals surface area contributed by atoms with E-state index in [2.05, 4.69) is 21.1 Å². The summed E-state index contributed by atoms with van der Waals surface area (Å²) in [7, 11) is 5.14. The van der Waals surface area contributed by atoms with Gasteiger partial charge in [0, 0.05) is 54.9 Å². The second-order valence-electron chi connectivity index (χ2n) is 8.30. The van der Waals surface area contributed by atoms with Crippen molar-refractivity contribution < 1.29 is 9.47 Å². The molecular formula is C28H24N6O2. The van der Waals surface area contributed by atoms with E-state index in [-0.39, 0.29) is 0 Å². The Hall–Kier alpha value is -4.90. The Morgan fingerprint density at radius 3 is 2.28 bits per heavy atom. The zero-order chi connectivity index (χ0) is 25.1. The van der Waals surface area contributed by atoms with Crippen molar-refractivity contribution in [3.8, 4) is 28.8 Å². The highest BCUT2D eigenvalue weighted by atomic mass is 16.5. The normalized spacial score (nSPS) is 10.7. The minimum Gasteiger partial charge on any atom is -0.497 e. The van der Waals surface area contributed by atoms with Crippen molar-refractivity contribution in [1.82, 2.24) is 19.7 Å². The van der Waals surface area contributed by atoms with E-state index in [9.17, 15) is 5.26 Å². The van der Waals surface area contributed by atoms with Gasteiger partial charge in [-0.2, -0.15) is 10.4 Å². The molecule has 36 heavy (non-hydrogen) atoms. The highest BCUT2D eigenvalue weighted by Crippen LogP contribution is 2.35. The Kier molecular flexibility index (Phi) is 6.20. The maximum absolute atomic E-state index is 9.18. The van der Waals surface area contributed by atoms with Gasteiger partial charge in [-0.3, -0.25) is 9.67 Å². The lowest BCUT2D eigenvalue weighted by Crippen LogP contribution is -2.17. The predicted octanol–water partition coefficient (Wildman–Crippen LogP) is 5.26. The topological polar surface area (TPSA) is 89.1 Å². The van der Waals surface area contributed by atoms with Gasteiger partial charge in [-0.15, -0.1) is 0 Å². The van der Waals surface area contributed by atoms with E-state index in [1.54, 1.807) is 31.3 Å². The molecule has 3 aromatic carbocycles. The molecule has 0 N–H and O–H groups in total. The van der Waals surface area contributed by atoms with Gasteiger partial charge in [0.05, 0.1) is 55.0 Å². The molecule has 0 aliphatic heterocycles. The van der Waals surface area contributed by atoms with Crippen LogP contribution < -0.4 is 14.4 Å². The van der Waals surface area contributed by atoms with Crippen LogP contribution in [0.5, 0.6) is 11.5 Å². The summed E-state index contributed by atoms with van der Waals surface area (Å²) in [5, 5.41) is 13.4. The Balaban J connectivity index is 1.61. The van der Waals surface area contributed by atoms with Crippen LogP contribution >= 0.6 is 0 Å². The molecule has 2 aromatic heterocycles. The maximum atomic E-state index is 9.18. The molecular weight excluding hydrogens is 452 g/mol. The number of rotatable bonds is 7. The predicted molar refractivity (Wildman–Crippen MR) is 138 cm³/mol. The quantitative estimate of drug-likeness (QED) is 0.317. The first-order valence-electron chi connectivity index (χ1n) is 11.3. The molecule has 0 radical (unpaired) electrons. The van der Waals surface area contributed by atoms with Gasteiger partial charge >= 0.3 is 0 Å². The molecule has 0 saturated heterocycles. The van der Waals surface area contributed by atoms with Crippen molar-refractivity contribution in [2.75, 3.05) is 19.1 Å². The number of aryl methyl sites for hydroxylation is 1. The van der Waals surface area contributed by atoms with Crippen molar-refractivity contribution in [3.05, 3.63) is 90.4 Å². The lowest BCUT2D eigenvalue weighted by Gasteiger charge is -2.26. The first kappa shape index (κ1) is 22.9. The Bertz CT molecular complexity index is 1550. The number of ether oxygens (including phenoxy) is 2. The lowest BCUT2D eigenvalue weighted by molar-refractivity contribution is 0.394. The van der Waals surface area contributed by atoms with Gasteiger partial charge in [0.1, 0.15) is 11.5 Å². The molecule has 8 heteroatoms. The standard InChI is InChI=1S/C28H24N6O2/c1-33-18-21(15-31-33)28-16-30-26-9-8-22(12-27(26)32-28)34(17-20-6-4-19(14-29)5-7-20)23-10-24(35-2)13-25(11-23)36-3/h4-13,15-16,18H,17H2,1-3H3. The molecule has 0 saturated carbocycles. The molecule has 5 aromatic rings. The van der Waals surface area contributed by atoms with Crippen LogP contribution in [0.15, 0.2) is 79.3 Å². The Morgan fingerprint density at radius 2 is 1.64 bits per heavy atom. The van der Waals surface area contributed by atoms with Crippen LogP contribution in [-0.2, 0) is 13.6 Å². The number of methoxy groups -OCH3 is 2. The molecule has 0 amide bonds. The molecule has 0 aliphatic carbocycles. The third kappa shape index (κ3) is 4.68. The number of nitriles is 1. The first-order valence-corrected chi connectivity index (χ1v) is 11.3. The monoisotopic (exact) mass is 476 g/mol. The van der Waals surface area contributed by atoms with Crippen LogP contribution in [0.2, 0.25) is 0 Å². The summed E-state index contributed by atoms with van der Waals surface area (Å²) in [5.74, 6) is 1.38. The van der Waals surface area contributed by atoms with Crippen molar-refractivity contribution in [1.29, 1.82) is 5.26 Å².